The number of morpholine rings is 1. The van der Waals surface area contributed by atoms with E-state index < -0.39 is 5.60 Å². The maximum Gasteiger partial charge on any atom is 0.239 e. The third kappa shape index (κ3) is 2.36. The zero-order chi connectivity index (χ0) is 11.8. The van der Waals surface area contributed by atoms with E-state index in [1.54, 1.807) is 6.92 Å². The summed E-state index contributed by atoms with van der Waals surface area (Å²) in [5.41, 5.74) is -0.612. The highest BCUT2D eigenvalue weighted by molar-refractivity contribution is 5.81. The molecular formula is C11H20N2O3. The topological polar surface area (TPSA) is 53.0 Å². The van der Waals surface area contributed by atoms with Crippen LogP contribution in [0.3, 0.4) is 0 Å². The number of carbonyl (C=O) groups is 1. The van der Waals surface area contributed by atoms with Gasteiger partial charge in [-0.3, -0.25) is 9.69 Å². The van der Waals surface area contributed by atoms with E-state index in [9.17, 15) is 9.90 Å². The molecule has 5 nitrogen and oxygen atoms in total. The van der Waals surface area contributed by atoms with Crippen molar-refractivity contribution in [3.63, 3.8) is 0 Å². The van der Waals surface area contributed by atoms with Gasteiger partial charge in [-0.15, -0.1) is 0 Å². The van der Waals surface area contributed by atoms with Crippen LogP contribution in [0.1, 0.15) is 13.8 Å². The van der Waals surface area contributed by atoms with E-state index in [1.165, 1.54) is 0 Å². The average Bonchev–Trinajstić information content (AvgIpc) is 2.25. The van der Waals surface area contributed by atoms with E-state index in [1.807, 2.05) is 16.7 Å². The highest BCUT2D eigenvalue weighted by Gasteiger charge is 2.41. The Hall–Kier alpha value is -0.650. The predicted molar refractivity (Wildman–Crippen MR) is 59.1 cm³/mol. The fourth-order valence-electron chi connectivity index (χ4n) is 2.31. The lowest BCUT2D eigenvalue weighted by Crippen LogP contribution is -2.65. The monoisotopic (exact) mass is 228 g/mol. The summed E-state index contributed by atoms with van der Waals surface area (Å²) in [5.74, 6) is 0.152. The van der Waals surface area contributed by atoms with E-state index in [4.69, 9.17) is 4.74 Å². The van der Waals surface area contributed by atoms with Crippen LogP contribution in [0, 0.1) is 0 Å². The molecule has 92 valence electrons. The number of amides is 1. The second-order valence-corrected chi connectivity index (χ2v) is 5.02. The van der Waals surface area contributed by atoms with Gasteiger partial charge in [0.05, 0.1) is 24.9 Å². The Bertz CT molecular complexity index is 266. The van der Waals surface area contributed by atoms with E-state index in [0.717, 1.165) is 0 Å². The van der Waals surface area contributed by atoms with E-state index in [0.29, 0.717) is 39.4 Å². The average molecular weight is 228 g/mol. The first-order chi connectivity index (χ1) is 7.49. The van der Waals surface area contributed by atoms with Crippen LogP contribution >= 0.6 is 0 Å². The van der Waals surface area contributed by atoms with Crippen LogP contribution in [-0.4, -0.2) is 71.8 Å². The van der Waals surface area contributed by atoms with Crippen molar-refractivity contribution in [2.75, 3.05) is 39.4 Å². The SMILES string of the molecule is CC(C(=O)N1CCOCC1)N1CC(C)(O)C1. The molecule has 2 saturated heterocycles. The van der Waals surface area contributed by atoms with Crippen molar-refractivity contribution in [1.29, 1.82) is 0 Å². The molecule has 0 aromatic carbocycles. The zero-order valence-electron chi connectivity index (χ0n) is 9.98. The Balaban J connectivity index is 1.85. The summed E-state index contributed by atoms with van der Waals surface area (Å²) in [6, 6.07) is -0.127. The summed E-state index contributed by atoms with van der Waals surface area (Å²) in [6.07, 6.45) is 0. The molecule has 16 heavy (non-hydrogen) atoms. The normalized spacial score (nSPS) is 27.3. The molecule has 2 aliphatic rings. The van der Waals surface area contributed by atoms with Gasteiger partial charge < -0.3 is 14.7 Å². The van der Waals surface area contributed by atoms with Crippen LogP contribution < -0.4 is 0 Å². The number of aliphatic hydroxyl groups is 1. The van der Waals surface area contributed by atoms with Gasteiger partial charge in [0.25, 0.3) is 0 Å². The van der Waals surface area contributed by atoms with Crippen LogP contribution in [0.4, 0.5) is 0 Å². The van der Waals surface area contributed by atoms with E-state index >= 15 is 0 Å². The molecule has 0 radical (unpaired) electrons. The summed E-state index contributed by atoms with van der Waals surface area (Å²) in [6.45, 7) is 7.53. The predicted octanol–water partition coefficient (Wildman–Crippen LogP) is -0.700. The molecule has 0 aromatic rings. The number of nitrogens with zero attached hydrogens (tertiary/aromatic N) is 2. The quantitative estimate of drug-likeness (QED) is 0.679. The van der Waals surface area contributed by atoms with Crippen molar-refractivity contribution in [3.05, 3.63) is 0 Å². The molecule has 2 heterocycles. The van der Waals surface area contributed by atoms with Gasteiger partial charge in [-0.1, -0.05) is 0 Å². The van der Waals surface area contributed by atoms with Crippen molar-refractivity contribution < 1.29 is 14.6 Å². The van der Waals surface area contributed by atoms with Crippen molar-refractivity contribution in [2.45, 2.75) is 25.5 Å². The first-order valence-corrected chi connectivity index (χ1v) is 5.82. The second-order valence-electron chi connectivity index (χ2n) is 5.02. The Morgan fingerprint density at radius 1 is 1.38 bits per heavy atom. The minimum Gasteiger partial charge on any atom is -0.388 e. The Morgan fingerprint density at radius 2 is 1.94 bits per heavy atom. The summed E-state index contributed by atoms with van der Waals surface area (Å²) in [5, 5.41) is 9.64. The molecule has 0 spiro atoms. The molecule has 0 aliphatic carbocycles. The lowest BCUT2D eigenvalue weighted by molar-refractivity contribution is -0.151. The molecular weight excluding hydrogens is 208 g/mol. The van der Waals surface area contributed by atoms with Gasteiger partial charge in [-0.2, -0.15) is 0 Å². The maximum absolute atomic E-state index is 12.1. The fraction of sp³-hybridized carbons (Fsp3) is 0.909. The van der Waals surface area contributed by atoms with Crippen molar-refractivity contribution in [3.8, 4) is 0 Å². The van der Waals surface area contributed by atoms with Gasteiger partial charge >= 0.3 is 0 Å². The molecule has 1 atom stereocenters. The summed E-state index contributed by atoms with van der Waals surface area (Å²) in [4.78, 5) is 16.0. The van der Waals surface area contributed by atoms with Crippen LogP contribution in [0.15, 0.2) is 0 Å². The van der Waals surface area contributed by atoms with Crippen molar-refractivity contribution >= 4 is 5.91 Å². The lowest BCUT2D eigenvalue weighted by Gasteiger charge is -2.47. The first kappa shape index (κ1) is 11.8. The molecule has 2 fully saturated rings. The molecule has 5 heteroatoms. The van der Waals surface area contributed by atoms with Gasteiger partial charge in [-0.05, 0) is 13.8 Å². The van der Waals surface area contributed by atoms with Crippen molar-refractivity contribution in [2.24, 2.45) is 0 Å². The molecule has 0 saturated carbocycles. The standard InChI is InChI=1S/C11H20N2O3/c1-9(13-7-11(2,15)8-13)10(14)12-3-5-16-6-4-12/h9,15H,3-8H2,1-2H3. The third-order valence-corrected chi connectivity index (χ3v) is 3.32. The molecule has 2 rings (SSSR count). The third-order valence-electron chi connectivity index (χ3n) is 3.32. The number of hydrogen-bond acceptors (Lipinski definition) is 4. The van der Waals surface area contributed by atoms with Gasteiger partial charge in [0, 0.05) is 26.2 Å². The molecule has 1 N–H and O–H groups in total. The van der Waals surface area contributed by atoms with Crippen LogP contribution in [0.5, 0.6) is 0 Å². The van der Waals surface area contributed by atoms with Gasteiger partial charge in [0.1, 0.15) is 0 Å². The van der Waals surface area contributed by atoms with Crippen LogP contribution in [0.2, 0.25) is 0 Å². The van der Waals surface area contributed by atoms with Gasteiger partial charge in [-0.25, -0.2) is 0 Å². The van der Waals surface area contributed by atoms with E-state index in [2.05, 4.69) is 0 Å². The zero-order valence-corrected chi connectivity index (χ0v) is 9.98. The number of likely N-dealkylation sites (tertiary alicyclic amines) is 1. The second kappa shape index (κ2) is 4.31. The molecule has 2 aliphatic heterocycles. The largest absolute Gasteiger partial charge is 0.388 e. The summed E-state index contributed by atoms with van der Waals surface area (Å²) >= 11 is 0. The number of rotatable bonds is 2. The summed E-state index contributed by atoms with van der Waals surface area (Å²) in [7, 11) is 0. The minimum absolute atomic E-state index is 0.127. The molecule has 1 unspecified atom stereocenters. The number of carbonyl (C=O) groups excluding carboxylic acids is 1. The highest BCUT2D eigenvalue weighted by Crippen LogP contribution is 2.23. The first-order valence-electron chi connectivity index (χ1n) is 5.82. The van der Waals surface area contributed by atoms with Crippen LogP contribution in [0.25, 0.3) is 0 Å². The molecule has 0 aromatic heterocycles. The van der Waals surface area contributed by atoms with Crippen molar-refractivity contribution in [1.82, 2.24) is 9.80 Å². The summed E-state index contributed by atoms with van der Waals surface area (Å²) < 4.78 is 5.22. The number of hydrogen-bond donors (Lipinski definition) is 1. The maximum atomic E-state index is 12.1. The number of ether oxygens (including phenoxy) is 1. The minimum atomic E-state index is -0.612. The van der Waals surface area contributed by atoms with Gasteiger partial charge in [0.15, 0.2) is 0 Å². The fourth-order valence-corrected chi connectivity index (χ4v) is 2.31. The number of β-amino-alcohol motifs (C(OH)–C–C–N with tert-alkyl or cyclic N) is 1. The van der Waals surface area contributed by atoms with Gasteiger partial charge in [0.2, 0.25) is 5.91 Å². The smallest absolute Gasteiger partial charge is 0.239 e. The Kier molecular flexibility index (Phi) is 3.19. The Morgan fingerprint density at radius 3 is 2.44 bits per heavy atom. The molecule has 0 bridgehead atoms. The Labute approximate surface area is 96.0 Å². The van der Waals surface area contributed by atoms with Crippen LogP contribution in [-0.2, 0) is 9.53 Å². The highest BCUT2D eigenvalue weighted by atomic mass is 16.5. The van der Waals surface area contributed by atoms with E-state index in [-0.39, 0.29) is 11.9 Å². The lowest BCUT2D eigenvalue weighted by atomic mass is 9.94. The molecule has 1 amide bonds.